The van der Waals surface area contributed by atoms with Crippen molar-refractivity contribution in [3.63, 3.8) is 0 Å². The zero-order valence-corrected chi connectivity index (χ0v) is 17.3. The van der Waals surface area contributed by atoms with Crippen LogP contribution in [-0.4, -0.2) is 32.4 Å². The molecule has 0 saturated heterocycles. The number of carbonyl (C=O) groups is 1. The number of carbonyl (C=O) groups excluding carboxylic acids is 1. The maximum Gasteiger partial charge on any atom is 0.240 e. The highest BCUT2D eigenvalue weighted by molar-refractivity contribution is 6.35. The molecule has 0 atom stereocenters. The van der Waals surface area contributed by atoms with Crippen LogP contribution in [0.3, 0.4) is 0 Å². The summed E-state index contributed by atoms with van der Waals surface area (Å²) >= 11 is 11.9. The molecule has 0 aromatic heterocycles. The molecule has 1 N–H and O–H groups in total. The molecule has 0 aliphatic rings. The number of rotatable bonds is 10. The minimum atomic E-state index is -0.249. The fourth-order valence-electron chi connectivity index (χ4n) is 2.30. The molecule has 0 heterocycles. The predicted octanol–water partition coefficient (Wildman–Crippen LogP) is 4.32. The third-order valence-electron chi connectivity index (χ3n) is 3.62. The van der Waals surface area contributed by atoms with Gasteiger partial charge in [0.15, 0.2) is 11.5 Å². The number of nitrogens with one attached hydrogen (secondary N) is 1. The van der Waals surface area contributed by atoms with Crippen molar-refractivity contribution in [3.8, 4) is 29.6 Å². The highest BCUT2D eigenvalue weighted by atomic mass is 35.5. The molecule has 0 aliphatic heterocycles. The number of nitrogens with zero attached hydrogens (tertiary/aromatic N) is 1. The first-order valence-corrected chi connectivity index (χ1v) is 9.43. The van der Waals surface area contributed by atoms with Crippen molar-refractivity contribution in [1.29, 1.82) is 0 Å². The predicted molar refractivity (Wildman–Crippen MR) is 114 cm³/mol. The number of methoxy groups -OCH3 is 1. The molecule has 8 heteroatoms. The Morgan fingerprint density at radius 2 is 2.07 bits per heavy atom. The van der Waals surface area contributed by atoms with Crippen LogP contribution in [0.1, 0.15) is 18.4 Å². The third-order valence-corrected chi connectivity index (χ3v) is 4.15. The van der Waals surface area contributed by atoms with Gasteiger partial charge in [-0.05, 0) is 36.8 Å². The zero-order valence-electron chi connectivity index (χ0n) is 15.8. The molecule has 6 nitrogen and oxygen atoms in total. The molecule has 1 amide bonds. The van der Waals surface area contributed by atoms with Crippen molar-refractivity contribution in [1.82, 2.24) is 5.43 Å². The maximum absolute atomic E-state index is 11.9. The average molecular weight is 435 g/mol. The monoisotopic (exact) mass is 434 g/mol. The minimum absolute atomic E-state index is 0.0885. The lowest BCUT2D eigenvalue weighted by molar-refractivity contribution is -0.121. The van der Waals surface area contributed by atoms with Gasteiger partial charge >= 0.3 is 0 Å². The fourth-order valence-corrected chi connectivity index (χ4v) is 2.76. The number of amides is 1. The van der Waals surface area contributed by atoms with Crippen LogP contribution in [-0.2, 0) is 4.79 Å². The summed E-state index contributed by atoms with van der Waals surface area (Å²) < 4.78 is 16.3. The SMILES string of the molecule is C#CCOc1c(/C=N\NC(=O)CCCOc2ccc(Cl)cc2Cl)cccc1OC. The second-order valence-corrected chi connectivity index (χ2v) is 6.53. The van der Waals surface area contributed by atoms with Crippen molar-refractivity contribution in [3.05, 3.63) is 52.0 Å². The first-order valence-electron chi connectivity index (χ1n) is 8.68. The first kappa shape index (κ1) is 22.4. The van der Waals surface area contributed by atoms with Gasteiger partial charge in [-0.15, -0.1) is 6.42 Å². The number of benzene rings is 2. The molecule has 29 heavy (non-hydrogen) atoms. The van der Waals surface area contributed by atoms with Crippen LogP contribution >= 0.6 is 23.2 Å². The maximum atomic E-state index is 11.9. The molecule has 0 bridgehead atoms. The second kappa shape index (κ2) is 11.8. The molecule has 0 unspecified atom stereocenters. The summed E-state index contributed by atoms with van der Waals surface area (Å²) in [7, 11) is 1.53. The Hall–Kier alpha value is -2.88. The number of para-hydroxylation sites is 1. The normalized spacial score (nSPS) is 10.4. The molecule has 152 valence electrons. The quantitative estimate of drug-likeness (QED) is 0.261. The lowest BCUT2D eigenvalue weighted by Gasteiger charge is -2.11. The van der Waals surface area contributed by atoms with Crippen LogP contribution in [0.15, 0.2) is 41.5 Å². The van der Waals surface area contributed by atoms with Crippen LogP contribution in [0.2, 0.25) is 10.0 Å². The van der Waals surface area contributed by atoms with Crippen molar-refractivity contribution < 1.29 is 19.0 Å². The van der Waals surface area contributed by atoms with Gasteiger partial charge in [0.05, 0.1) is 25.0 Å². The van der Waals surface area contributed by atoms with Crippen LogP contribution in [0.4, 0.5) is 0 Å². The van der Waals surface area contributed by atoms with Gasteiger partial charge in [-0.1, -0.05) is 35.2 Å². The standard InChI is InChI=1S/C21H20Cl2N2O4/c1-3-11-29-21-15(6-4-7-19(21)27-2)14-24-25-20(26)8-5-12-28-18-10-9-16(22)13-17(18)23/h1,4,6-7,9-10,13-14H,5,8,11-12H2,2H3,(H,25,26)/b24-14-. The number of hydrogen-bond donors (Lipinski definition) is 1. The van der Waals surface area contributed by atoms with Crippen molar-refractivity contribution in [2.24, 2.45) is 5.10 Å². The number of halogens is 2. The molecular formula is C21H20Cl2N2O4. The van der Waals surface area contributed by atoms with Crippen molar-refractivity contribution in [2.75, 3.05) is 20.3 Å². The van der Waals surface area contributed by atoms with E-state index in [4.69, 9.17) is 43.8 Å². The number of hydrogen-bond acceptors (Lipinski definition) is 5. The number of hydrazone groups is 1. The lowest BCUT2D eigenvalue weighted by atomic mass is 10.2. The Bertz CT molecular complexity index is 910. The van der Waals surface area contributed by atoms with Crippen molar-refractivity contribution >= 4 is 35.3 Å². The summed E-state index contributed by atoms with van der Waals surface area (Å²) in [5, 5.41) is 4.91. The molecule has 0 aliphatic carbocycles. The van der Waals surface area contributed by atoms with Crippen LogP contribution in [0.25, 0.3) is 0 Å². The van der Waals surface area contributed by atoms with E-state index in [0.717, 1.165) is 0 Å². The van der Waals surface area contributed by atoms with E-state index >= 15 is 0 Å². The van der Waals surface area contributed by atoms with Gasteiger partial charge in [-0.3, -0.25) is 4.79 Å². The van der Waals surface area contributed by atoms with E-state index in [-0.39, 0.29) is 18.9 Å². The van der Waals surface area contributed by atoms with Crippen LogP contribution in [0, 0.1) is 12.3 Å². The summed E-state index contributed by atoms with van der Waals surface area (Å²) in [6, 6.07) is 10.3. The minimum Gasteiger partial charge on any atom is -0.493 e. The van der Waals surface area contributed by atoms with Crippen LogP contribution in [0.5, 0.6) is 17.2 Å². The van der Waals surface area contributed by atoms with E-state index in [0.29, 0.717) is 45.9 Å². The van der Waals surface area contributed by atoms with E-state index in [9.17, 15) is 4.79 Å². The highest BCUT2D eigenvalue weighted by Crippen LogP contribution is 2.30. The summed E-state index contributed by atoms with van der Waals surface area (Å²) in [6.07, 6.45) is 7.44. The van der Waals surface area contributed by atoms with E-state index in [1.165, 1.54) is 13.3 Å². The van der Waals surface area contributed by atoms with Gasteiger partial charge in [0.25, 0.3) is 0 Å². The van der Waals surface area contributed by atoms with Gasteiger partial charge in [-0.2, -0.15) is 5.10 Å². The summed E-state index contributed by atoms with van der Waals surface area (Å²) in [5.41, 5.74) is 3.09. The summed E-state index contributed by atoms with van der Waals surface area (Å²) in [5.74, 6) is 3.65. The molecule has 0 saturated carbocycles. The molecular weight excluding hydrogens is 415 g/mol. The van der Waals surface area contributed by atoms with E-state index < -0.39 is 0 Å². The Kier molecular flexibility index (Phi) is 9.16. The van der Waals surface area contributed by atoms with Gasteiger partial charge in [-0.25, -0.2) is 5.43 Å². The Morgan fingerprint density at radius 1 is 1.24 bits per heavy atom. The Morgan fingerprint density at radius 3 is 2.79 bits per heavy atom. The molecule has 0 radical (unpaired) electrons. The lowest BCUT2D eigenvalue weighted by Crippen LogP contribution is -2.18. The smallest absolute Gasteiger partial charge is 0.240 e. The molecule has 2 rings (SSSR count). The molecule has 2 aromatic rings. The Labute approximate surface area is 179 Å². The van der Waals surface area contributed by atoms with Gasteiger partial charge in [0.1, 0.15) is 12.4 Å². The van der Waals surface area contributed by atoms with Gasteiger partial charge in [0, 0.05) is 17.0 Å². The van der Waals surface area contributed by atoms with Crippen LogP contribution < -0.4 is 19.6 Å². The molecule has 0 spiro atoms. The first-order chi connectivity index (χ1) is 14.0. The van der Waals surface area contributed by atoms with E-state index in [1.807, 2.05) is 0 Å². The molecule has 2 aromatic carbocycles. The zero-order chi connectivity index (χ0) is 21.1. The summed E-state index contributed by atoms with van der Waals surface area (Å²) in [4.78, 5) is 11.9. The topological polar surface area (TPSA) is 69.2 Å². The third kappa shape index (κ3) is 7.22. The van der Waals surface area contributed by atoms with Gasteiger partial charge in [0.2, 0.25) is 5.91 Å². The number of terminal acetylenes is 1. The largest absolute Gasteiger partial charge is 0.493 e. The number of ether oxygens (including phenoxy) is 3. The van der Waals surface area contributed by atoms with E-state index in [1.54, 1.807) is 36.4 Å². The summed E-state index contributed by atoms with van der Waals surface area (Å²) in [6.45, 7) is 0.420. The van der Waals surface area contributed by atoms with Gasteiger partial charge < -0.3 is 14.2 Å². The highest BCUT2D eigenvalue weighted by Gasteiger charge is 2.09. The Balaban J connectivity index is 1.81. The van der Waals surface area contributed by atoms with E-state index in [2.05, 4.69) is 16.4 Å². The fraction of sp³-hybridized carbons (Fsp3) is 0.238. The van der Waals surface area contributed by atoms with Crippen molar-refractivity contribution in [2.45, 2.75) is 12.8 Å². The molecule has 0 fully saturated rings. The average Bonchev–Trinajstić information content (AvgIpc) is 2.71. The second-order valence-electron chi connectivity index (χ2n) is 5.69.